The van der Waals surface area contributed by atoms with E-state index >= 15 is 0 Å². The Hall–Kier alpha value is -2.06. The first-order valence-electron chi connectivity index (χ1n) is 6.45. The summed E-state index contributed by atoms with van der Waals surface area (Å²) in [5, 5.41) is 2.61. The zero-order valence-corrected chi connectivity index (χ0v) is 11.1. The van der Waals surface area contributed by atoms with Gasteiger partial charge in [-0.15, -0.1) is 0 Å². The fourth-order valence-electron chi connectivity index (χ4n) is 2.20. The van der Waals surface area contributed by atoms with Crippen molar-refractivity contribution in [3.8, 4) is 0 Å². The van der Waals surface area contributed by atoms with Crippen LogP contribution in [-0.4, -0.2) is 52.5 Å². The summed E-state index contributed by atoms with van der Waals surface area (Å²) in [5.41, 5.74) is 0. The van der Waals surface area contributed by atoms with Crippen molar-refractivity contribution in [2.75, 3.05) is 19.6 Å². The van der Waals surface area contributed by atoms with Gasteiger partial charge in [0.1, 0.15) is 12.4 Å². The van der Waals surface area contributed by atoms with E-state index in [1.54, 1.807) is 12.4 Å². The molecule has 0 spiro atoms. The number of likely N-dealkylation sites (tertiary alicyclic amines) is 1. The number of carbonyl (C=O) groups excluding carboxylic acids is 2. The van der Waals surface area contributed by atoms with Gasteiger partial charge in [0.15, 0.2) is 0 Å². The summed E-state index contributed by atoms with van der Waals surface area (Å²) in [6.45, 7) is -1.18. The van der Waals surface area contributed by atoms with Crippen LogP contribution in [0.2, 0.25) is 0 Å². The molecular formula is C12H15F3N4O2. The first-order chi connectivity index (χ1) is 9.85. The number of nitrogens with zero attached hydrogens (tertiary/aromatic N) is 2. The van der Waals surface area contributed by atoms with Crippen LogP contribution >= 0.6 is 0 Å². The van der Waals surface area contributed by atoms with Crippen LogP contribution in [0.3, 0.4) is 0 Å². The Kier molecular flexibility index (Phi) is 4.49. The minimum absolute atomic E-state index is 0.178. The van der Waals surface area contributed by atoms with Gasteiger partial charge in [-0.2, -0.15) is 13.2 Å². The van der Waals surface area contributed by atoms with Crippen molar-refractivity contribution in [2.45, 2.75) is 19.0 Å². The molecule has 0 aromatic carbocycles. The summed E-state index contributed by atoms with van der Waals surface area (Å²) in [6, 6.07) is 0. The molecule has 1 aliphatic heterocycles. The standard InChI is InChI=1S/C12H15F3N4O2/c13-12(14,15)7-19-6-8(5-10(19)20)11(21)18-2-1-9-16-3-4-17-9/h3-4,8H,1-2,5-7H2,(H,16,17)(H,18,21). The number of nitrogens with one attached hydrogen (secondary N) is 2. The highest BCUT2D eigenvalue weighted by atomic mass is 19.4. The summed E-state index contributed by atoms with van der Waals surface area (Å²) >= 11 is 0. The molecule has 21 heavy (non-hydrogen) atoms. The van der Waals surface area contributed by atoms with Crippen molar-refractivity contribution in [2.24, 2.45) is 5.92 Å². The van der Waals surface area contributed by atoms with E-state index in [0.717, 1.165) is 0 Å². The summed E-state index contributed by atoms with van der Waals surface area (Å²) in [6.07, 6.45) is -0.891. The summed E-state index contributed by atoms with van der Waals surface area (Å²) in [5.74, 6) is -1.06. The summed E-state index contributed by atoms with van der Waals surface area (Å²) in [7, 11) is 0. The van der Waals surface area contributed by atoms with Gasteiger partial charge in [0.25, 0.3) is 0 Å². The largest absolute Gasteiger partial charge is 0.406 e. The van der Waals surface area contributed by atoms with Gasteiger partial charge in [-0.25, -0.2) is 4.98 Å². The van der Waals surface area contributed by atoms with Gasteiger partial charge in [0.2, 0.25) is 11.8 Å². The minimum Gasteiger partial charge on any atom is -0.355 e. The van der Waals surface area contributed by atoms with Crippen LogP contribution in [0.15, 0.2) is 12.4 Å². The van der Waals surface area contributed by atoms with Gasteiger partial charge in [-0.3, -0.25) is 9.59 Å². The summed E-state index contributed by atoms with van der Waals surface area (Å²) < 4.78 is 36.8. The number of halogens is 3. The third kappa shape index (κ3) is 4.47. The molecule has 1 aromatic rings. The van der Waals surface area contributed by atoms with E-state index < -0.39 is 30.5 Å². The lowest BCUT2D eigenvalue weighted by Crippen LogP contribution is -2.37. The SMILES string of the molecule is O=C(NCCc1ncc[nH]1)C1CC(=O)N(CC(F)(F)F)C1. The van der Waals surface area contributed by atoms with Crippen molar-refractivity contribution in [3.63, 3.8) is 0 Å². The van der Waals surface area contributed by atoms with E-state index in [0.29, 0.717) is 23.7 Å². The number of amides is 2. The molecule has 1 unspecified atom stereocenters. The number of aromatic nitrogens is 2. The lowest BCUT2D eigenvalue weighted by atomic mass is 10.1. The normalized spacial score (nSPS) is 19.1. The molecule has 1 atom stereocenters. The number of hydrogen-bond donors (Lipinski definition) is 2. The number of H-pyrrole nitrogens is 1. The molecule has 1 saturated heterocycles. The van der Waals surface area contributed by atoms with E-state index in [2.05, 4.69) is 15.3 Å². The van der Waals surface area contributed by atoms with E-state index in [1.807, 2.05) is 0 Å². The van der Waals surface area contributed by atoms with Crippen LogP contribution < -0.4 is 5.32 Å². The first kappa shape index (κ1) is 15.3. The smallest absolute Gasteiger partial charge is 0.355 e. The Bertz CT molecular complexity index is 501. The molecule has 2 heterocycles. The molecule has 0 saturated carbocycles. The number of hydrogen-bond acceptors (Lipinski definition) is 3. The maximum atomic E-state index is 12.3. The summed E-state index contributed by atoms with van der Waals surface area (Å²) in [4.78, 5) is 30.8. The monoisotopic (exact) mass is 304 g/mol. The van der Waals surface area contributed by atoms with Gasteiger partial charge >= 0.3 is 6.18 Å². The molecule has 2 rings (SSSR count). The second kappa shape index (κ2) is 6.15. The second-order valence-electron chi connectivity index (χ2n) is 4.87. The Labute approximate surface area is 118 Å². The lowest BCUT2D eigenvalue weighted by Gasteiger charge is -2.18. The highest BCUT2D eigenvalue weighted by Gasteiger charge is 2.40. The fraction of sp³-hybridized carbons (Fsp3) is 0.583. The average Bonchev–Trinajstić information content (AvgIpc) is 2.98. The molecule has 116 valence electrons. The minimum atomic E-state index is -4.44. The van der Waals surface area contributed by atoms with Crippen molar-refractivity contribution < 1.29 is 22.8 Å². The molecule has 2 amide bonds. The van der Waals surface area contributed by atoms with Crippen LogP contribution in [0.1, 0.15) is 12.2 Å². The zero-order chi connectivity index (χ0) is 15.5. The van der Waals surface area contributed by atoms with Crippen molar-refractivity contribution in [1.29, 1.82) is 0 Å². The number of alkyl halides is 3. The number of aromatic amines is 1. The number of imidazole rings is 1. The zero-order valence-electron chi connectivity index (χ0n) is 11.1. The van der Waals surface area contributed by atoms with Crippen LogP contribution in [0.4, 0.5) is 13.2 Å². The topological polar surface area (TPSA) is 78.1 Å². The molecule has 6 nitrogen and oxygen atoms in total. The molecule has 9 heteroatoms. The van der Waals surface area contributed by atoms with Gasteiger partial charge in [-0.05, 0) is 0 Å². The number of carbonyl (C=O) groups is 2. The van der Waals surface area contributed by atoms with Gasteiger partial charge in [-0.1, -0.05) is 0 Å². The number of rotatable bonds is 5. The van der Waals surface area contributed by atoms with E-state index in [4.69, 9.17) is 0 Å². The van der Waals surface area contributed by atoms with E-state index in [-0.39, 0.29) is 13.0 Å². The molecule has 0 radical (unpaired) electrons. The molecule has 0 bridgehead atoms. The molecule has 2 N–H and O–H groups in total. The molecule has 1 aliphatic rings. The van der Waals surface area contributed by atoms with Gasteiger partial charge < -0.3 is 15.2 Å². The highest BCUT2D eigenvalue weighted by molar-refractivity contribution is 5.89. The lowest BCUT2D eigenvalue weighted by molar-refractivity contribution is -0.157. The Balaban J connectivity index is 1.77. The van der Waals surface area contributed by atoms with Crippen molar-refractivity contribution in [3.05, 3.63) is 18.2 Å². The van der Waals surface area contributed by atoms with Crippen LogP contribution in [0.25, 0.3) is 0 Å². The molecule has 1 aromatic heterocycles. The maximum absolute atomic E-state index is 12.3. The van der Waals surface area contributed by atoms with Crippen LogP contribution in [-0.2, 0) is 16.0 Å². The first-order valence-corrected chi connectivity index (χ1v) is 6.45. The average molecular weight is 304 g/mol. The Morgan fingerprint density at radius 1 is 1.52 bits per heavy atom. The quantitative estimate of drug-likeness (QED) is 0.830. The van der Waals surface area contributed by atoms with Crippen molar-refractivity contribution in [1.82, 2.24) is 20.2 Å². The molecule has 1 fully saturated rings. The fourth-order valence-corrected chi connectivity index (χ4v) is 2.20. The predicted molar refractivity (Wildman–Crippen MR) is 66.0 cm³/mol. The Morgan fingerprint density at radius 3 is 2.90 bits per heavy atom. The Morgan fingerprint density at radius 2 is 2.29 bits per heavy atom. The van der Waals surface area contributed by atoms with Crippen molar-refractivity contribution >= 4 is 11.8 Å². The maximum Gasteiger partial charge on any atom is 0.406 e. The van der Waals surface area contributed by atoms with Gasteiger partial charge in [0.05, 0.1) is 5.92 Å². The molecule has 0 aliphatic carbocycles. The van der Waals surface area contributed by atoms with Crippen LogP contribution in [0.5, 0.6) is 0 Å². The second-order valence-corrected chi connectivity index (χ2v) is 4.87. The highest BCUT2D eigenvalue weighted by Crippen LogP contribution is 2.23. The van der Waals surface area contributed by atoms with Crippen LogP contribution in [0, 0.1) is 5.92 Å². The third-order valence-corrected chi connectivity index (χ3v) is 3.17. The van der Waals surface area contributed by atoms with E-state index in [1.165, 1.54) is 0 Å². The predicted octanol–water partition coefficient (Wildman–Crippen LogP) is 0.479. The van der Waals surface area contributed by atoms with Gasteiger partial charge in [0, 0.05) is 38.3 Å². The third-order valence-electron chi connectivity index (χ3n) is 3.17. The molecular weight excluding hydrogens is 289 g/mol. The van der Waals surface area contributed by atoms with E-state index in [9.17, 15) is 22.8 Å².